The average Bonchev–Trinajstić information content (AvgIpc) is 2.76. The van der Waals surface area contributed by atoms with Crippen molar-refractivity contribution in [2.45, 2.75) is 16.2 Å². The van der Waals surface area contributed by atoms with E-state index in [1.54, 1.807) is 11.8 Å². The Kier molecular flexibility index (Phi) is 6.26. The summed E-state index contributed by atoms with van der Waals surface area (Å²) >= 11 is 1.77. The summed E-state index contributed by atoms with van der Waals surface area (Å²) in [7, 11) is 0. The Bertz CT molecular complexity index is 901. The normalized spacial score (nSPS) is 16.3. The third-order valence-corrected chi connectivity index (χ3v) is 6.68. The topological polar surface area (TPSA) is 66.1 Å². The molecule has 152 valence electrons. The highest BCUT2D eigenvalue weighted by Gasteiger charge is 2.25. The fourth-order valence-electron chi connectivity index (χ4n) is 4.03. The van der Waals surface area contributed by atoms with Gasteiger partial charge in [0.2, 0.25) is 0 Å². The maximum absolute atomic E-state index is 7.35. The highest BCUT2D eigenvalue weighted by atomic mass is 32.2. The molecule has 0 atom stereocenters. The summed E-state index contributed by atoms with van der Waals surface area (Å²) in [5.74, 6) is 0. The number of benzene rings is 2. The van der Waals surface area contributed by atoms with Gasteiger partial charge in [0, 0.05) is 61.3 Å². The van der Waals surface area contributed by atoms with Gasteiger partial charge in [0.25, 0.3) is 0 Å². The van der Waals surface area contributed by atoms with Gasteiger partial charge in [-0.25, -0.2) is 4.85 Å². The van der Waals surface area contributed by atoms with Crippen molar-refractivity contribution in [1.29, 1.82) is 0 Å². The molecule has 1 saturated heterocycles. The molecule has 2 aromatic carbocycles. The molecule has 0 unspecified atom stereocenters. The standard InChI is InChI=1S/C22H28N6S/c1-25-17-3-5-19-21(15-17)29-22-16-18(4-6-20(22)28(19)9-2-7-23)27-13-11-26(10-8-24)12-14-27/h3-6,15-16H,2,7-14,23-24H2. The smallest absolute Gasteiger partial charge is 0.188 e. The van der Waals surface area contributed by atoms with Gasteiger partial charge in [0.05, 0.1) is 17.9 Å². The van der Waals surface area contributed by atoms with Crippen molar-refractivity contribution in [3.8, 4) is 0 Å². The highest BCUT2D eigenvalue weighted by molar-refractivity contribution is 7.99. The molecule has 0 amide bonds. The number of anilines is 3. The lowest BCUT2D eigenvalue weighted by Crippen LogP contribution is -2.47. The van der Waals surface area contributed by atoms with Gasteiger partial charge < -0.3 is 21.3 Å². The number of rotatable bonds is 6. The molecule has 2 aliphatic rings. The summed E-state index contributed by atoms with van der Waals surface area (Å²) in [6.45, 7) is 14.8. The second-order valence-electron chi connectivity index (χ2n) is 7.43. The van der Waals surface area contributed by atoms with Crippen LogP contribution in [0.25, 0.3) is 4.85 Å². The summed E-state index contributed by atoms with van der Waals surface area (Å²) in [5.41, 5.74) is 15.9. The van der Waals surface area contributed by atoms with Crippen LogP contribution in [-0.4, -0.2) is 57.3 Å². The van der Waals surface area contributed by atoms with Crippen molar-refractivity contribution in [3.63, 3.8) is 0 Å². The van der Waals surface area contributed by atoms with Gasteiger partial charge in [-0.15, -0.1) is 0 Å². The van der Waals surface area contributed by atoms with Crippen molar-refractivity contribution >= 4 is 34.5 Å². The Morgan fingerprint density at radius 3 is 2.31 bits per heavy atom. The number of nitrogens with two attached hydrogens (primary N) is 2. The third-order valence-electron chi connectivity index (χ3n) is 5.59. The summed E-state index contributed by atoms with van der Waals surface area (Å²) in [6.07, 6.45) is 0.930. The van der Waals surface area contributed by atoms with E-state index in [9.17, 15) is 0 Å². The molecule has 4 N–H and O–H groups in total. The molecule has 1 fully saturated rings. The van der Waals surface area contributed by atoms with E-state index in [1.807, 2.05) is 12.1 Å². The zero-order chi connectivity index (χ0) is 20.2. The van der Waals surface area contributed by atoms with E-state index in [2.05, 4.69) is 43.8 Å². The number of fused-ring (bicyclic) bond motifs is 2. The second kappa shape index (κ2) is 9.06. The lowest BCUT2D eigenvalue weighted by atomic mass is 10.1. The van der Waals surface area contributed by atoms with Crippen LogP contribution in [0.2, 0.25) is 0 Å². The molecule has 0 saturated carbocycles. The number of hydrogen-bond donors (Lipinski definition) is 2. The maximum Gasteiger partial charge on any atom is 0.188 e. The fraction of sp³-hybridized carbons (Fsp3) is 0.409. The molecule has 6 nitrogen and oxygen atoms in total. The molecule has 4 rings (SSSR count). The Labute approximate surface area is 177 Å². The first kappa shape index (κ1) is 20.0. The quantitative estimate of drug-likeness (QED) is 0.715. The number of piperazine rings is 1. The van der Waals surface area contributed by atoms with E-state index in [1.165, 1.54) is 22.0 Å². The Morgan fingerprint density at radius 1 is 0.897 bits per heavy atom. The molecule has 2 heterocycles. The van der Waals surface area contributed by atoms with Crippen molar-refractivity contribution in [3.05, 3.63) is 47.8 Å². The van der Waals surface area contributed by atoms with Crippen LogP contribution < -0.4 is 21.3 Å². The largest absolute Gasteiger partial charge is 0.369 e. The number of nitrogens with zero attached hydrogens (tertiary/aromatic N) is 4. The minimum absolute atomic E-state index is 0.666. The fourth-order valence-corrected chi connectivity index (χ4v) is 5.19. The predicted octanol–water partition coefficient (Wildman–Crippen LogP) is 3.27. The third kappa shape index (κ3) is 4.21. The monoisotopic (exact) mass is 408 g/mol. The van der Waals surface area contributed by atoms with E-state index in [0.717, 1.165) is 57.1 Å². The van der Waals surface area contributed by atoms with E-state index in [0.29, 0.717) is 12.2 Å². The molecule has 2 aliphatic heterocycles. The van der Waals surface area contributed by atoms with Crippen LogP contribution in [0.1, 0.15) is 6.42 Å². The van der Waals surface area contributed by atoms with Crippen molar-refractivity contribution in [2.75, 3.05) is 62.2 Å². The average molecular weight is 409 g/mol. The van der Waals surface area contributed by atoms with Crippen molar-refractivity contribution in [2.24, 2.45) is 11.5 Å². The van der Waals surface area contributed by atoms with E-state index < -0.39 is 0 Å². The van der Waals surface area contributed by atoms with Crippen LogP contribution >= 0.6 is 11.8 Å². The van der Waals surface area contributed by atoms with E-state index in [4.69, 9.17) is 18.0 Å². The Morgan fingerprint density at radius 2 is 1.62 bits per heavy atom. The maximum atomic E-state index is 7.35. The van der Waals surface area contributed by atoms with Gasteiger partial charge in [0.1, 0.15) is 0 Å². The first-order valence-electron chi connectivity index (χ1n) is 10.2. The summed E-state index contributed by atoms with van der Waals surface area (Å²) in [6, 6.07) is 12.8. The van der Waals surface area contributed by atoms with Crippen LogP contribution in [0, 0.1) is 6.57 Å². The van der Waals surface area contributed by atoms with E-state index in [-0.39, 0.29) is 0 Å². The van der Waals surface area contributed by atoms with Gasteiger partial charge >= 0.3 is 0 Å². The molecular weight excluding hydrogens is 380 g/mol. The number of hydrogen-bond acceptors (Lipinski definition) is 6. The summed E-state index contributed by atoms with van der Waals surface area (Å²) in [5, 5.41) is 0. The molecule has 0 aliphatic carbocycles. The molecule has 29 heavy (non-hydrogen) atoms. The van der Waals surface area contributed by atoms with Gasteiger partial charge in [-0.05, 0) is 43.3 Å². The van der Waals surface area contributed by atoms with Crippen molar-refractivity contribution < 1.29 is 0 Å². The van der Waals surface area contributed by atoms with Gasteiger partial charge in [-0.1, -0.05) is 17.8 Å². The van der Waals surface area contributed by atoms with Crippen LogP contribution in [0.4, 0.5) is 22.7 Å². The zero-order valence-electron chi connectivity index (χ0n) is 16.7. The zero-order valence-corrected chi connectivity index (χ0v) is 17.5. The lowest BCUT2D eigenvalue weighted by molar-refractivity contribution is 0.265. The molecule has 0 bridgehead atoms. The van der Waals surface area contributed by atoms with Gasteiger partial charge in [0.15, 0.2) is 5.69 Å². The first-order valence-corrected chi connectivity index (χ1v) is 11.0. The van der Waals surface area contributed by atoms with Gasteiger partial charge in [-0.3, -0.25) is 4.90 Å². The molecule has 0 aromatic heterocycles. The second-order valence-corrected chi connectivity index (χ2v) is 8.51. The minimum Gasteiger partial charge on any atom is -0.369 e. The lowest BCUT2D eigenvalue weighted by Gasteiger charge is -2.37. The minimum atomic E-state index is 0.666. The van der Waals surface area contributed by atoms with Crippen LogP contribution in [0.3, 0.4) is 0 Å². The molecule has 2 aromatic rings. The first-order chi connectivity index (χ1) is 14.2. The molecule has 0 spiro atoms. The van der Waals surface area contributed by atoms with Gasteiger partial charge in [-0.2, -0.15) is 0 Å². The highest BCUT2D eigenvalue weighted by Crippen LogP contribution is 2.50. The molecule has 7 heteroatoms. The SMILES string of the molecule is [C-]#[N+]c1ccc2c(c1)Sc1cc(N3CCN(CCN)CC3)ccc1N2CCCN. The Balaban J connectivity index is 1.61. The van der Waals surface area contributed by atoms with Crippen LogP contribution in [0.15, 0.2) is 46.2 Å². The van der Waals surface area contributed by atoms with Crippen LogP contribution in [-0.2, 0) is 0 Å². The molecule has 0 radical (unpaired) electrons. The van der Waals surface area contributed by atoms with Crippen molar-refractivity contribution in [1.82, 2.24) is 4.90 Å². The molecular formula is C22H28N6S. The predicted molar refractivity (Wildman–Crippen MR) is 122 cm³/mol. The van der Waals surface area contributed by atoms with Crippen LogP contribution in [0.5, 0.6) is 0 Å². The Hall–Kier alpha value is -2.24. The van der Waals surface area contributed by atoms with E-state index >= 15 is 0 Å². The summed E-state index contributed by atoms with van der Waals surface area (Å²) in [4.78, 5) is 13.3. The summed E-state index contributed by atoms with van der Waals surface area (Å²) < 4.78 is 0.